The highest BCUT2D eigenvalue weighted by atomic mass is 35.5. The van der Waals surface area contributed by atoms with Crippen LogP contribution in [0.5, 0.6) is 0 Å². The Morgan fingerprint density at radius 3 is 2.67 bits per heavy atom. The Labute approximate surface area is 141 Å². The fraction of sp³-hybridized carbons (Fsp3) is 0.250. The third-order valence-electron chi connectivity index (χ3n) is 3.75. The lowest BCUT2D eigenvalue weighted by molar-refractivity contribution is -0.0145. The third-order valence-corrected chi connectivity index (χ3v) is 3.95. The number of aliphatic imine (C=N–C) groups is 1. The largest absolute Gasteiger partial charge is 0.385 e. The van der Waals surface area contributed by atoms with E-state index < -0.39 is 24.4 Å². The zero-order chi connectivity index (χ0) is 17.3. The number of halogens is 4. The number of nitrogens with two attached hydrogens (primary N) is 1. The molecule has 8 heteroatoms. The van der Waals surface area contributed by atoms with Crippen molar-refractivity contribution in [3.63, 3.8) is 0 Å². The van der Waals surface area contributed by atoms with E-state index in [-0.39, 0.29) is 18.0 Å². The van der Waals surface area contributed by atoms with E-state index in [0.717, 1.165) is 6.07 Å². The van der Waals surface area contributed by atoms with E-state index in [1.807, 2.05) is 0 Å². The van der Waals surface area contributed by atoms with Crippen LogP contribution in [0, 0.1) is 5.82 Å². The molecule has 24 heavy (non-hydrogen) atoms. The molecular weight excluding hydrogens is 343 g/mol. The summed E-state index contributed by atoms with van der Waals surface area (Å²) in [5.74, 6) is -0.910. The number of ether oxygens (including phenoxy) is 1. The Hall–Kier alpha value is -2.12. The summed E-state index contributed by atoms with van der Waals surface area (Å²) in [6, 6.07) is 5.48. The summed E-state index contributed by atoms with van der Waals surface area (Å²) in [4.78, 5) is 7.78. The van der Waals surface area contributed by atoms with Crippen molar-refractivity contribution < 1.29 is 17.9 Å². The van der Waals surface area contributed by atoms with Gasteiger partial charge in [-0.1, -0.05) is 17.7 Å². The molecule has 2 heterocycles. The van der Waals surface area contributed by atoms with Crippen molar-refractivity contribution in [3.8, 4) is 11.1 Å². The van der Waals surface area contributed by atoms with Gasteiger partial charge >= 0.3 is 0 Å². The molecule has 126 valence electrons. The molecule has 0 bridgehead atoms. The lowest BCUT2D eigenvalue weighted by Crippen LogP contribution is -2.45. The van der Waals surface area contributed by atoms with Crippen LogP contribution in [0.15, 0.2) is 41.7 Å². The van der Waals surface area contributed by atoms with Gasteiger partial charge in [-0.2, -0.15) is 0 Å². The van der Waals surface area contributed by atoms with Crippen LogP contribution in [-0.2, 0) is 10.3 Å². The molecule has 2 N–H and O–H groups in total. The molecule has 1 aliphatic rings. The highest BCUT2D eigenvalue weighted by Crippen LogP contribution is 2.38. The van der Waals surface area contributed by atoms with Gasteiger partial charge in [-0.3, -0.25) is 9.98 Å². The van der Waals surface area contributed by atoms with E-state index in [1.165, 1.54) is 24.5 Å². The number of nitrogens with zero attached hydrogens (tertiary/aromatic N) is 2. The number of benzene rings is 1. The first-order valence-electron chi connectivity index (χ1n) is 7.03. The van der Waals surface area contributed by atoms with Gasteiger partial charge in [0.25, 0.3) is 6.43 Å². The minimum absolute atomic E-state index is 0.0615. The molecule has 0 aliphatic carbocycles. The Morgan fingerprint density at radius 2 is 2.00 bits per heavy atom. The van der Waals surface area contributed by atoms with Crippen molar-refractivity contribution >= 4 is 17.4 Å². The standard InChI is InChI=1S/C16H13ClF3N3O/c17-11-3-10(5-22-6-11)9-1-2-13(18)12(4-9)16(15(19)20)8-24-7-14(21)23-16/h1-6,15H,7-8H2,(H2,21,23)/t16-/m1/s1. The van der Waals surface area contributed by atoms with E-state index in [9.17, 15) is 13.2 Å². The predicted octanol–water partition coefficient (Wildman–Crippen LogP) is 3.39. The first-order chi connectivity index (χ1) is 11.4. The zero-order valence-corrected chi connectivity index (χ0v) is 13.1. The minimum Gasteiger partial charge on any atom is -0.385 e. The SMILES string of the molecule is NC1=N[C@](c2cc(-c3cncc(Cl)c3)ccc2F)(C(F)F)COC1. The fourth-order valence-corrected chi connectivity index (χ4v) is 2.78. The van der Waals surface area contributed by atoms with Gasteiger partial charge in [-0.25, -0.2) is 13.2 Å². The van der Waals surface area contributed by atoms with Crippen LogP contribution in [0.4, 0.5) is 13.2 Å². The van der Waals surface area contributed by atoms with Gasteiger partial charge < -0.3 is 10.5 Å². The summed E-state index contributed by atoms with van der Waals surface area (Å²) in [5, 5.41) is 0.380. The van der Waals surface area contributed by atoms with Crippen LogP contribution in [0.25, 0.3) is 11.1 Å². The van der Waals surface area contributed by atoms with Crippen molar-refractivity contribution in [2.45, 2.75) is 12.0 Å². The van der Waals surface area contributed by atoms with Crippen LogP contribution >= 0.6 is 11.6 Å². The molecule has 0 radical (unpaired) electrons. The maximum absolute atomic E-state index is 14.3. The molecule has 4 nitrogen and oxygen atoms in total. The average Bonchev–Trinajstić information content (AvgIpc) is 2.55. The second-order valence-electron chi connectivity index (χ2n) is 5.41. The van der Waals surface area contributed by atoms with Gasteiger partial charge in [0.2, 0.25) is 0 Å². The van der Waals surface area contributed by atoms with Crippen molar-refractivity contribution in [1.29, 1.82) is 0 Å². The normalized spacial score (nSPS) is 21.0. The van der Waals surface area contributed by atoms with E-state index in [1.54, 1.807) is 6.07 Å². The number of amidine groups is 1. The highest BCUT2D eigenvalue weighted by molar-refractivity contribution is 6.30. The molecule has 1 aliphatic heterocycles. The monoisotopic (exact) mass is 355 g/mol. The summed E-state index contributed by atoms with van der Waals surface area (Å²) >= 11 is 5.90. The molecule has 1 aromatic heterocycles. The summed E-state index contributed by atoms with van der Waals surface area (Å²) in [6.45, 7) is -0.520. The Balaban J connectivity index is 2.16. The first-order valence-corrected chi connectivity index (χ1v) is 7.41. The molecule has 1 atom stereocenters. The third kappa shape index (κ3) is 2.97. The van der Waals surface area contributed by atoms with E-state index in [0.29, 0.717) is 16.1 Å². The van der Waals surface area contributed by atoms with Gasteiger partial charge in [0, 0.05) is 23.5 Å². The average molecular weight is 356 g/mol. The molecular formula is C16H13ClF3N3O. The summed E-state index contributed by atoms with van der Waals surface area (Å²) in [7, 11) is 0. The molecule has 0 saturated heterocycles. The molecule has 0 spiro atoms. The lowest BCUT2D eigenvalue weighted by Gasteiger charge is -2.33. The number of aromatic nitrogens is 1. The van der Waals surface area contributed by atoms with Crippen LogP contribution in [0.2, 0.25) is 5.02 Å². The molecule has 0 fully saturated rings. The van der Waals surface area contributed by atoms with Gasteiger partial charge in [0.05, 0.1) is 11.6 Å². The topological polar surface area (TPSA) is 60.5 Å². The van der Waals surface area contributed by atoms with Gasteiger partial charge in [0.1, 0.15) is 18.3 Å². The van der Waals surface area contributed by atoms with Crippen molar-refractivity contribution in [1.82, 2.24) is 4.98 Å². The Bertz CT molecular complexity index is 800. The van der Waals surface area contributed by atoms with Gasteiger partial charge in [-0.05, 0) is 23.8 Å². The van der Waals surface area contributed by atoms with Gasteiger partial charge in [0.15, 0.2) is 5.54 Å². The molecule has 0 saturated carbocycles. The van der Waals surface area contributed by atoms with E-state index in [4.69, 9.17) is 22.1 Å². The van der Waals surface area contributed by atoms with Crippen molar-refractivity contribution in [2.24, 2.45) is 10.7 Å². The summed E-state index contributed by atoms with van der Waals surface area (Å²) in [5.41, 5.74) is 4.15. The maximum Gasteiger partial charge on any atom is 0.269 e. The predicted molar refractivity (Wildman–Crippen MR) is 84.8 cm³/mol. The lowest BCUT2D eigenvalue weighted by atomic mass is 9.88. The minimum atomic E-state index is -2.99. The van der Waals surface area contributed by atoms with Crippen LogP contribution in [-0.4, -0.2) is 30.5 Å². The van der Waals surface area contributed by atoms with Crippen molar-refractivity contribution in [3.05, 3.63) is 53.1 Å². The van der Waals surface area contributed by atoms with Gasteiger partial charge in [-0.15, -0.1) is 0 Å². The van der Waals surface area contributed by atoms with E-state index in [2.05, 4.69) is 9.98 Å². The Morgan fingerprint density at radius 1 is 1.21 bits per heavy atom. The summed E-state index contributed by atoms with van der Waals surface area (Å²) < 4.78 is 47.0. The maximum atomic E-state index is 14.3. The molecule has 2 aromatic rings. The van der Waals surface area contributed by atoms with Crippen LogP contribution < -0.4 is 5.73 Å². The smallest absolute Gasteiger partial charge is 0.269 e. The molecule has 0 amide bonds. The fourth-order valence-electron chi connectivity index (χ4n) is 2.61. The number of rotatable bonds is 3. The quantitative estimate of drug-likeness (QED) is 0.918. The Kier molecular flexibility index (Phi) is 4.47. The molecule has 0 unspecified atom stereocenters. The number of hydrogen-bond acceptors (Lipinski definition) is 4. The van der Waals surface area contributed by atoms with Crippen molar-refractivity contribution in [2.75, 3.05) is 13.2 Å². The number of hydrogen-bond donors (Lipinski definition) is 1. The van der Waals surface area contributed by atoms with E-state index >= 15 is 0 Å². The zero-order valence-electron chi connectivity index (χ0n) is 12.3. The molecule has 1 aromatic carbocycles. The van der Waals surface area contributed by atoms with Crippen LogP contribution in [0.3, 0.4) is 0 Å². The second-order valence-corrected chi connectivity index (χ2v) is 5.84. The first kappa shape index (κ1) is 16.7. The molecule has 3 rings (SSSR count). The van der Waals surface area contributed by atoms with Crippen LogP contribution in [0.1, 0.15) is 5.56 Å². The number of pyridine rings is 1. The summed E-state index contributed by atoms with van der Waals surface area (Å²) in [6.07, 6.45) is -0.0399. The highest BCUT2D eigenvalue weighted by Gasteiger charge is 2.46. The number of alkyl halides is 2. The second kappa shape index (κ2) is 6.41.